The Bertz CT molecular complexity index is 322. The van der Waals surface area contributed by atoms with Gasteiger partial charge in [0.25, 0.3) is 0 Å². The number of rotatable bonds is 2. The van der Waals surface area contributed by atoms with E-state index in [0.717, 1.165) is 19.5 Å². The number of carbonyl (C=O) groups excluding carboxylic acids is 2. The summed E-state index contributed by atoms with van der Waals surface area (Å²) in [5, 5.41) is 6.03. The van der Waals surface area contributed by atoms with E-state index in [1.54, 1.807) is 4.90 Å². The molecule has 0 aromatic carbocycles. The molecule has 1 atom stereocenters. The first-order chi connectivity index (χ1) is 8.06. The van der Waals surface area contributed by atoms with Crippen LogP contribution in [0.25, 0.3) is 0 Å². The van der Waals surface area contributed by atoms with E-state index < -0.39 is 0 Å². The fraction of sp³-hybridized carbons (Fsp3) is 0.833. The van der Waals surface area contributed by atoms with Crippen LogP contribution in [0, 0.1) is 11.3 Å². The van der Waals surface area contributed by atoms with E-state index in [0.29, 0.717) is 19.0 Å². The molecule has 2 aliphatic heterocycles. The number of piperazine rings is 1. The van der Waals surface area contributed by atoms with Crippen LogP contribution >= 0.6 is 0 Å². The first-order valence-corrected chi connectivity index (χ1v) is 6.33. The Kier molecular flexibility index (Phi) is 3.38. The van der Waals surface area contributed by atoms with Crippen LogP contribution in [0.4, 0.5) is 0 Å². The zero-order chi connectivity index (χ0) is 12.5. The average Bonchev–Trinajstić information content (AvgIpc) is 2.78. The number of hydrogen-bond acceptors (Lipinski definition) is 3. The van der Waals surface area contributed by atoms with Gasteiger partial charge in [-0.15, -0.1) is 0 Å². The lowest BCUT2D eigenvalue weighted by atomic mass is 9.75. The second-order valence-corrected chi connectivity index (χ2v) is 5.31. The first-order valence-electron chi connectivity index (χ1n) is 6.33. The molecule has 17 heavy (non-hydrogen) atoms. The summed E-state index contributed by atoms with van der Waals surface area (Å²) in [6.07, 6.45) is 0.877. The largest absolute Gasteiger partial charge is 0.353 e. The fourth-order valence-electron chi connectivity index (χ4n) is 2.76. The summed E-state index contributed by atoms with van der Waals surface area (Å²) in [5.41, 5.74) is -0.308. The fourth-order valence-corrected chi connectivity index (χ4v) is 2.76. The van der Waals surface area contributed by atoms with E-state index in [1.807, 2.05) is 0 Å². The Labute approximate surface area is 102 Å². The highest BCUT2D eigenvalue weighted by Gasteiger charge is 2.46. The van der Waals surface area contributed by atoms with Crippen molar-refractivity contribution in [1.82, 2.24) is 15.5 Å². The molecule has 0 spiro atoms. The predicted molar refractivity (Wildman–Crippen MR) is 64.3 cm³/mol. The maximum Gasteiger partial charge on any atom is 0.239 e. The summed E-state index contributed by atoms with van der Waals surface area (Å²) in [4.78, 5) is 25.7. The number of nitrogens with zero attached hydrogens (tertiary/aromatic N) is 1. The Balaban J connectivity index is 2.13. The van der Waals surface area contributed by atoms with Crippen LogP contribution in [0.1, 0.15) is 20.3 Å². The molecule has 1 unspecified atom stereocenters. The van der Waals surface area contributed by atoms with Crippen LogP contribution in [-0.2, 0) is 9.59 Å². The van der Waals surface area contributed by atoms with E-state index in [4.69, 9.17) is 0 Å². The SMILES string of the molecule is CC(C)C1(C(=O)N2CCNC(=O)C2)CCNC1. The monoisotopic (exact) mass is 239 g/mol. The zero-order valence-electron chi connectivity index (χ0n) is 10.6. The van der Waals surface area contributed by atoms with Gasteiger partial charge in [-0.2, -0.15) is 0 Å². The van der Waals surface area contributed by atoms with Gasteiger partial charge in [0.1, 0.15) is 0 Å². The molecule has 0 aliphatic carbocycles. The van der Waals surface area contributed by atoms with Crippen molar-refractivity contribution in [3.8, 4) is 0 Å². The minimum atomic E-state index is -0.308. The summed E-state index contributed by atoms with van der Waals surface area (Å²) in [6.45, 7) is 7.24. The molecule has 0 radical (unpaired) electrons. The van der Waals surface area contributed by atoms with Gasteiger partial charge in [-0.1, -0.05) is 13.8 Å². The molecular formula is C12H21N3O2. The summed E-state index contributed by atoms with van der Waals surface area (Å²) in [7, 11) is 0. The lowest BCUT2D eigenvalue weighted by molar-refractivity contribution is -0.148. The summed E-state index contributed by atoms with van der Waals surface area (Å²) in [6, 6.07) is 0. The van der Waals surface area contributed by atoms with Crippen LogP contribution in [0.15, 0.2) is 0 Å². The normalized spacial score (nSPS) is 29.6. The van der Waals surface area contributed by atoms with E-state index >= 15 is 0 Å². The van der Waals surface area contributed by atoms with Crippen molar-refractivity contribution in [3.63, 3.8) is 0 Å². The van der Waals surface area contributed by atoms with Crippen molar-refractivity contribution < 1.29 is 9.59 Å². The van der Waals surface area contributed by atoms with Gasteiger partial charge in [0.05, 0.1) is 12.0 Å². The molecule has 2 rings (SSSR count). The van der Waals surface area contributed by atoms with Crippen molar-refractivity contribution in [3.05, 3.63) is 0 Å². The minimum absolute atomic E-state index is 0.0468. The number of amides is 2. The molecule has 2 N–H and O–H groups in total. The lowest BCUT2D eigenvalue weighted by Crippen LogP contribution is -2.56. The molecule has 0 saturated carbocycles. The van der Waals surface area contributed by atoms with Gasteiger partial charge in [-0.05, 0) is 18.9 Å². The highest BCUT2D eigenvalue weighted by molar-refractivity contribution is 5.89. The Morgan fingerprint density at radius 1 is 1.41 bits per heavy atom. The molecule has 5 nitrogen and oxygen atoms in total. The third-order valence-corrected chi connectivity index (χ3v) is 4.05. The first kappa shape index (κ1) is 12.4. The third kappa shape index (κ3) is 2.16. The quantitative estimate of drug-likeness (QED) is 0.688. The third-order valence-electron chi connectivity index (χ3n) is 4.05. The van der Waals surface area contributed by atoms with E-state index in [1.165, 1.54) is 0 Å². The summed E-state index contributed by atoms with van der Waals surface area (Å²) in [5.74, 6) is 0.400. The van der Waals surface area contributed by atoms with Crippen LogP contribution in [-0.4, -0.2) is 49.4 Å². The van der Waals surface area contributed by atoms with Crippen molar-refractivity contribution in [2.24, 2.45) is 11.3 Å². The standard InChI is InChI=1S/C12H21N3O2/c1-9(2)12(3-4-13-8-12)11(17)15-6-5-14-10(16)7-15/h9,13H,3-8H2,1-2H3,(H,14,16). The topological polar surface area (TPSA) is 61.4 Å². The maximum atomic E-state index is 12.6. The van der Waals surface area contributed by atoms with Gasteiger partial charge in [0, 0.05) is 19.6 Å². The summed E-state index contributed by atoms with van der Waals surface area (Å²) < 4.78 is 0. The van der Waals surface area contributed by atoms with Crippen molar-refractivity contribution >= 4 is 11.8 Å². The van der Waals surface area contributed by atoms with Gasteiger partial charge in [-0.3, -0.25) is 9.59 Å². The molecule has 0 aromatic rings. The number of hydrogen-bond donors (Lipinski definition) is 2. The van der Waals surface area contributed by atoms with E-state index in [9.17, 15) is 9.59 Å². The van der Waals surface area contributed by atoms with Gasteiger partial charge in [-0.25, -0.2) is 0 Å². The molecule has 5 heteroatoms. The second kappa shape index (κ2) is 4.64. The average molecular weight is 239 g/mol. The molecular weight excluding hydrogens is 218 g/mol. The number of carbonyl (C=O) groups is 2. The van der Waals surface area contributed by atoms with Gasteiger partial charge in [0.15, 0.2) is 0 Å². The predicted octanol–water partition coefficient (Wildman–Crippen LogP) is -0.419. The molecule has 2 amide bonds. The van der Waals surface area contributed by atoms with Crippen LogP contribution < -0.4 is 10.6 Å². The number of nitrogens with one attached hydrogen (secondary N) is 2. The van der Waals surface area contributed by atoms with Crippen molar-refractivity contribution in [1.29, 1.82) is 0 Å². The Morgan fingerprint density at radius 3 is 2.71 bits per heavy atom. The summed E-state index contributed by atoms with van der Waals surface area (Å²) >= 11 is 0. The molecule has 2 saturated heterocycles. The maximum absolute atomic E-state index is 12.6. The second-order valence-electron chi connectivity index (χ2n) is 5.31. The molecule has 96 valence electrons. The molecule has 0 aromatic heterocycles. The Hall–Kier alpha value is -1.10. The van der Waals surface area contributed by atoms with Crippen LogP contribution in [0.2, 0.25) is 0 Å². The van der Waals surface area contributed by atoms with Crippen molar-refractivity contribution in [2.45, 2.75) is 20.3 Å². The molecule has 0 bridgehead atoms. The van der Waals surface area contributed by atoms with Gasteiger partial charge in [0.2, 0.25) is 11.8 Å². The molecule has 2 heterocycles. The highest BCUT2D eigenvalue weighted by atomic mass is 16.2. The highest BCUT2D eigenvalue weighted by Crippen LogP contribution is 2.36. The lowest BCUT2D eigenvalue weighted by Gasteiger charge is -2.38. The van der Waals surface area contributed by atoms with E-state index in [2.05, 4.69) is 24.5 Å². The minimum Gasteiger partial charge on any atom is -0.353 e. The van der Waals surface area contributed by atoms with E-state index in [-0.39, 0.29) is 23.8 Å². The Morgan fingerprint density at radius 2 is 2.18 bits per heavy atom. The van der Waals surface area contributed by atoms with Gasteiger partial charge < -0.3 is 15.5 Å². The molecule has 2 aliphatic rings. The van der Waals surface area contributed by atoms with Crippen molar-refractivity contribution in [2.75, 3.05) is 32.7 Å². The zero-order valence-corrected chi connectivity index (χ0v) is 10.6. The molecule has 2 fully saturated rings. The van der Waals surface area contributed by atoms with Gasteiger partial charge >= 0.3 is 0 Å². The van der Waals surface area contributed by atoms with Crippen LogP contribution in [0.3, 0.4) is 0 Å². The van der Waals surface area contributed by atoms with Crippen LogP contribution in [0.5, 0.6) is 0 Å². The smallest absolute Gasteiger partial charge is 0.239 e.